The van der Waals surface area contributed by atoms with Crippen LogP contribution >= 0.6 is 0 Å². The van der Waals surface area contributed by atoms with E-state index in [9.17, 15) is 0 Å². The molecule has 2 aromatic heterocycles. The molecule has 2 heterocycles. The van der Waals surface area contributed by atoms with Crippen LogP contribution in [0.3, 0.4) is 0 Å². The van der Waals surface area contributed by atoms with Gasteiger partial charge in [-0.3, -0.25) is 4.98 Å². The van der Waals surface area contributed by atoms with Gasteiger partial charge in [-0.15, -0.1) is 0 Å². The molecule has 2 nitrogen and oxygen atoms in total. The van der Waals surface area contributed by atoms with E-state index >= 15 is 0 Å². The molecule has 0 amide bonds. The second-order valence-electron chi connectivity index (χ2n) is 4.91. The van der Waals surface area contributed by atoms with Gasteiger partial charge in [0.05, 0.1) is 12.0 Å². The molecule has 4 aromatic rings. The molecule has 0 aliphatic heterocycles. The van der Waals surface area contributed by atoms with Crippen molar-refractivity contribution in [3.63, 3.8) is 0 Å². The van der Waals surface area contributed by atoms with Gasteiger partial charge in [-0.2, -0.15) is 0 Å². The average molecular weight is 271 g/mol. The second-order valence-corrected chi connectivity index (χ2v) is 4.91. The third-order valence-electron chi connectivity index (χ3n) is 3.63. The first-order valence-corrected chi connectivity index (χ1v) is 6.90. The fourth-order valence-corrected chi connectivity index (χ4v) is 2.64. The average Bonchev–Trinajstić information content (AvgIpc) is 3.00. The molecule has 0 atom stereocenters. The molecule has 0 radical (unpaired) electrons. The van der Waals surface area contributed by atoms with Crippen LogP contribution in [0.4, 0.5) is 0 Å². The minimum absolute atomic E-state index is 0.898. The van der Waals surface area contributed by atoms with Gasteiger partial charge < -0.3 is 4.42 Å². The van der Waals surface area contributed by atoms with Crippen LogP contribution in [0.1, 0.15) is 0 Å². The van der Waals surface area contributed by atoms with Gasteiger partial charge in [-0.1, -0.05) is 54.6 Å². The quantitative estimate of drug-likeness (QED) is 0.503. The van der Waals surface area contributed by atoms with Crippen LogP contribution in [0, 0.1) is 0 Å². The Morgan fingerprint density at radius 1 is 0.714 bits per heavy atom. The summed E-state index contributed by atoms with van der Waals surface area (Å²) >= 11 is 0. The summed E-state index contributed by atoms with van der Waals surface area (Å²) in [5.41, 5.74) is 5.16. The maximum absolute atomic E-state index is 5.67. The van der Waals surface area contributed by atoms with Gasteiger partial charge in [0.15, 0.2) is 0 Å². The van der Waals surface area contributed by atoms with Gasteiger partial charge in [-0.25, -0.2) is 0 Å². The van der Waals surface area contributed by atoms with E-state index in [1.807, 2.05) is 54.9 Å². The summed E-state index contributed by atoms with van der Waals surface area (Å²) in [4.78, 5) is 4.57. The molecule has 0 bridgehead atoms. The second kappa shape index (κ2) is 4.91. The van der Waals surface area contributed by atoms with E-state index in [1.54, 1.807) is 0 Å². The molecule has 0 aliphatic rings. The van der Waals surface area contributed by atoms with Crippen LogP contribution < -0.4 is 0 Å². The number of benzene rings is 2. The molecule has 4 rings (SSSR count). The highest BCUT2D eigenvalue weighted by Crippen LogP contribution is 2.35. The Kier molecular flexibility index (Phi) is 2.79. The first-order chi connectivity index (χ1) is 10.4. The van der Waals surface area contributed by atoms with Gasteiger partial charge in [0, 0.05) is 28.3 Å². The zero-order chi connectivity index (χ0) is 14.1. The van der Waals surface area contributed by atoms with Crippen molar-refractivity contribution >= 4 is 11.0 Å². The highest BCUT2D eigenvalue weighted by molar-refractivity contribution is 5.97. The van der Waals surface area contributed by atoms with E-state index in [4.69, 9.17) is 4.42 Å². The van der Waals surface area contributed by atoms with Crippen molar-refractivity contribution in [1.82, 2.24) is 4.98 Å². The number of pyridine rings is 1. The molecule has 0 aliphatic carbocycles. The Labute approximate surface area is 122 Å². The Bertz CT molecular complexity index is 894. The van der Waals surface area contributed by atoms with Gasteiger partial charge in [0.1, 0.15) is 5.58 Å². The number of aromatic nitrogens is 1. The molecule has 21 heavy (non-hydrogen) atoms. The number of hydrogen-bond donors (Lipinski definition) is 0. The van der Waals surface area contributed by atoms with E-state index in [0.29, 0.717) is 0 Å². The van der Waals surface area contributed by atoms with Crippen LogP contribution in [0.15, 0.2) is 83.6 Å². The number of furan rings is 1. The Balaban J connectivity index is 1.98. The van der Waals surface area contributed by atoms with Crippen molar-refractivity contribution in [3.05, 3.63) is 79.2 Å². The van der Waals surface area contributed by atoms with Crippen molar-refractivity contribution < 1.29 is 4.42 Å². The molecule has 100 valence electrons. The number of rotatable bonds is 2. The summed E-state index contributed by atoms with van der Waals surface area (Å²) < 4.78 is 5.67. The van der Waals surface area contributed by atoms with Gasteiger partial charge in [0.25, 0.3) is 0 Å². The lowest BCUT2D eigenvalue weighted by Gasteiger charge is -2.07. The normalized spacial score (nSPS) is 10.9. The van der Waals surface area contributed by atoms with Gasteiger partial charge in [0.2, 0.25) is 0 Å². The number of para-hydroxylation sites is 1. The maximum Gasteiger partial charge on any atom is 0.134 e. The summed E-state index contributed by atoms with van der Waals surface area (Å²) in [7, 11) is 0. The van der Waals surface area contributed by atoms with Crippen molar-refractivity contribution in [3.8, 4) is 22.4 Å². The Morgan fingerprint density at radius 3 is 2.43 bits per heavy atom. The first-order valence-electron chi connectivity index (χ1n) is 6.90. The largest absolute Gasteiger partial charge is 0.464 e. The van der Waals surface area contributed by atoms with E-state index in [-0.39, 0.29) is 0 Å². The number of fused-ring (bicyclic) bond motifs is 1. The summed E-state index contributed by atoms with van der Waals surface area (Å²) in [5.74, 6) is 0. The molecular formula is C19H13NO. The van der Waals surface area contributed by atoms with Crippen LogP contribution in [0.25, 0.3) is 33.4 Å². The van der Waals surface area contributed by atoms with Crippen LogP contribution in [-0.4, -0.2) is 4.98 Å². The predicted octanol–water partition coefficient (Wildman–Crippen LogP) is 5.16. The monoisotopic (exact) mass is 271 g/mol. The summed E-state index contributed by atoms with van der Waals surface area (Å²) in [6.07, 6.45) is 3.64. The predicted molar refractivity (Wildman–Crippen MR) is 84.9 cm³/mol. The summed E-state index contributed by atoms with van der Waals surface area (Å²) in [5, 5.41) is 1.11. The fraction of sp³-hybridized carbons (Fsp3) is 0. The number of nitrogens with zero attached hydrogens (tertiary/aromatic N) is 1. The van der Waals surface area contributed by atoms with Crippen molar-refractivity contribution in [2.24, 2.45) is 0 Å². The van der Waals surface area contributed by atoms with Crippen molar-refractivity contribution in [1.29, 1.82) is 0 Å². The zero-order valence-corrected chi connectivity index (χ0v) is 11.4. The third-order valence-corrected chi connectivity index (χ3v) is 3.63. The molecule has 0 fully saturated rings. The minimum Gasteiger partial charge on any atom is -0.464 e. The minimum atomic E-state index is 0.898. The highest BCUT2D eigenvalue weighted by atomic mass is 16.3. The molecule has 2 aromatic carbocycles. The highest BCUT2D eigenvalue weighted by Gasteiger charge is 2.13. The van der Waals surface area contributed by atoms with E-state index < -0.39 is 0 Å². The topological polar surface area (TPSA) is 26.0 Å². The van der Waals surface area contributed by atoms with E-state index in [2.05, 4.69) is 29.2 Å². The van der Waals surface area contributed by atoms with E-state index in [1.165, 1.54) is 0 Å². The zero-order valence-electron chi connectivity index (χ0n) is 11.4. The standard InChI is InChI=1S/C19H13NO/c1-2-7-14(8-3-1)19-16(10-6-12-20-19)17-13-21-18-11-5-4-9-15(17)18/h1-13H. The lowest BCUT2D eigenvalue weighted by atomic mass is 9.99. The third kappa shape index (κ3) is 2.01. The Morgan fingerprint density at radius 2 is 1.52 bits per heavy atom. The summed E-state index contributed by atoms with van der Waals surface area (Å²) in [6.45, 7) is 0. The van der Waals surface area contributed by atoms with Crippen molar-refractivity contribution in [2.75, 3.05) is 0 Å². The van der Waals surface area contributed by atoms with Crippen molar-refractivity contribution in [2.45, 2.75) is 0 Å². The van der Waals surface area contributed by atoms with Crippen LogP contribution in [-0.2, 0) is 0 Å². The molecular weight excluding hydrogens is 258 g/mol. The summed E-state index contributed by atoms with van der Waals surface area (Å²) in [6, 6.07) is 22.4. The molecule has 0 unspecified atom stereocenters. The van der Waals surface area contributed by atoms with Gasteiger partial charge >= 0.3 is 0 Å². The molecule has 0 N–H and O–H groups in total. The molecule has 0 saturated heterocycles. The van der Waals surface area contributed by atoms with Crippen LogP contribution in [0.2, 0.25) is 0 Å². The fourth-order valence-electron chi connectivity index (χ4n) is 2.64. The SMILES string of the molecule is c1ccc(-c2ncccc2-c2coc3ccccc23)cc1. The number of hydrogen-bond acceptors (Lipinski definition) is 2. The van der Waals surface area contributed by atoms with Gasteiger partial charge in [-0.05, 0) is 12.1 Å². The van der Waals surface area contributed by atoms with E-state index in [0.717, 1.165) is 33.4 Å². The maximum atomic E-state index is 5.67. The molecule has 0 spiro atoms. The van der Waals surface area contributed by atoms with Crippen LogP contribution in [0.5, 0.6) is 0 Å². The first kappa shape index (κ1) is 11.9. The molecule has 0 saturated carbocycles. The lowest BCUT2D eigenvalue weighted by molar-refractivity contribution is 0.617. The Hall–Kier alpha value is -2.87. The smallest absolute Gasteiger partial charge is 0.134 e. The lowest BCUT2D eigenvalue weighted by Crippen LogP contribution is -1.87. The molecule has 2 heteroatoms.